The van der Waals surface area contributed by atoms with Gasteiger partial charge in [-0.15, -0.1) is 11.3 Å². The molecule has 0 saturated heterocycles. The van der Waals surface area contributed by atoms with Crippen LogP contribution in [0.2, 0.25) is 5.02 Å². The minimum atomic E-state index is -0.301. The average Bonchev–Trinajstić information content (AvgIpc) is 3.00. The van der Waals surface area contributed by atoms with Crippen LogP contribution in [0.5, 0.6) is 0 Å². The standard InChI is InChI=1S/C17H19ClN2O2S/c1-11(13-5-7-14(18)8-6-13)19-17(22)10-15(20-12(2)21)16-4-3-9-23-16/h3-9,11,15H,10H2,1-2H3,(H,19,22)(H,20,21)/t11-,15+/m0/s1. The number of hydrogen-bond acceptors (Lipinski definition) is 3. The Labute approximate surface area is 144 Å². The van der Waals surface area contributed by atoms with Crippen molar-refractivity contribution in [2.24, 2.45) is 0 Å². The first-order valence-electron chi connectivity index (χ1n) is 7.31. The van der Waals surface area contributed by atoms with Gasteiger partial charge in [0.25, 0.3) is 0 Å². The molecule has 2 amide bonds. The number of halogens is 1. The van der Waals surface area contributed by atoms with Crippen molar-refractivity contribution in [1.29, 1.82) is 0 Å². The molecule has 0 aliphatic heterocycles. The maximum Gasteiger partial charge on any atom is 0.222 e. The molecule has 2 N–H and O–H groups in total. The van der Waals surface area contributed by atoms with Gasteiger partial charge in [-0.05, 0) is 36.1 Å². The van der Waals surface area contributed by atoms with Crippen LogP contribution in [0.15, 0.2) is 41.8 Å². The molecule has 1 heterocycles. The first-order valence-corrected chi connectivity index (χ1v) is 8.57. The number of carbonyl (C=O) groups is 2. The van der Waals surface area contributed by atoms with Crippen molar-refractivity contribution in [2.45, 2.75) is 32.4 Å². The predicted molar refractivity (Wildman–Crippen MR) is 93.5 cm³/mol. The number of hydrogen-bond donors (Lipinski definition) is 2. The van der Waals surface area contributed by atoms with Crippen molar-refractivity contribution in [3.63, 3.8) is 0 Å². The first-order chi connectivity index (χ1) is 11.0. The molecular weight excluding hydrogens is 332 g/mol. The highest BCUT2D eigenvalue weighted by molar-refractivity contribution is 7.10. The summed E-state index contributed by atoms with van der Waals surface area (Å²) in [6, 6.07) is 10.8. The van der Waals surface area contributed by atoms with E-state index < -0.39 is 0 Å². The van der Waals surface area contributed by atoms with Crippen LogP contribution in [0.1, 0.15) is 42.8 Å². The Balaban J connectivity index is 1.98. The fourth-order valence-electron chi connectivity index (χ4n) is 2.28. The Morgan fingerprint density at radius 2 is 1.87 bits per heavy atom. The molecule has 0 fully saturated rings. The lowest BCUT2D eigenvalue weighted by molar-refractivity contribution is -0.123. The van der Waals surface area contributed by atoms with Crippen LogP contribution >= 0.6 is 22.9 Å². The first kappa shape index (κ1) is 17.5. The molecule has 0 aliphatic carbocycles. The largest absolute Gasteiger partial charge is 0.350 e. The van der Waals surface area contributed by atoms with Crippen molar-refractivity contribution in [3.8, 4) is 0 Å². The van der Waals surface area contributed by atoms with Gasteiger partial charge in [0.15, 0.2) is 0 Å². The summed E-state index contributed by atoms with van der Waals surface area (Å²) in [5, 5.41) is 8.37. The molecule has 0 bridgehead atoms. The molecule has 2 rings (SSSR count). The Kier molecular flexibility index (Phi) is 6.19. The Morgan fingerprint density at radius 3 is 2.43 bits per heavy atom. The normalized spacial score (nSPS) is 13.2. The minimum absolute atomic E-state index is 0.111. The summed E-state index contributed by atoms with van der Waals surface area (Å²) < 4.78 is 0. The summed E-state index contributed by atoms with van der Waals surface area (Å²) in [5.41, 5.74) is 0.981. The van der Waals surface area contributed by atoms with Crippen molar-refractivity contribution in [3.05, 3.63) is 57.2 Å². The maximum atomic E-state index is 12.3. The summed E-state index contributed by atoms with van der Waals surface area (Å²) in [7, 11) is 0. The van der Waals surface area contributed by atoms with Crippen LogP contribution in [0.3, 0.4) is 0 Å². The zero-order chi connectivity index (χ0) is 16.8. The molecule has 122 valence electrons. The molecule has 2 aromatic rings. The summed E-state index contributed by atoms with van der Waals surface area (Å²) in [4.78, 5) is 24.6. The zero-order valence-corrected chi connectivity index (χ0v) is 14.6. The van der Waals surface area contributed by atoms with Gasteiger partial charge < -0.3 is 10.6 Å². The van der Waals surface area contributed by atoms with Crippen molar-refractivity contribution in [1.82, 2.24) is 10.6 Å². The van der Waals surface area contributed by atoms with Crippen LogP contribution in [0.4, 0.5) is 0 Å². The molecule has 1 aromatic heterocycles. The highest BCUT2D eigenvalue weighted by atomic mass is 35.5. The van der Waals surface area contributed by atoms with E-state index in [-0.39, 0.29) is 30.3 Å². The lowest BCUT2D eigenvalue weighted by atomic mass is 10.1. The summed E-state index contributed by atoms with van der Waals surface area (Å²) in [6.45, 7) is 3.37. The van der Waals surface area contributed by atoms with Crippen LogP contribution < -0.4 is 10.6 Å². The third kappa shape index (κ3) is 5.37. The van der Waals surface area contributed by atoms with Gasteiger partial charge >= 0.3 is 0 Å². The Hall–Kier alpha value is -1.85. The van der Waals surface area contributed by atoms with Gasteiger partial charge in [0.05, 0.1) is 18.5 Å². The number of benzene rings is 1. The van der Waals surface area contributed by atoms with E-state index in [1.165, 1.54) is 18.3 Å². The number of carbonyl (C=O) groups excluding carboxylic acids is 2. The third-order valence-electron chi connectivity index (χ3n) is 3.40. The highest BCUT2D eigenvalue weighted by Crippen LogP contribution is 2.23. The van der Waals surface area contributed by atoms with Crippen molar-refractivity contribution in [2.75, 3.05) is 0 Å². The smallest absolute Gasteiger partial charge is 0.222 e. The van der Waals surface area contributed by atoms with Crippen molar-refractivity contribution >= 4 is 34.8 Å². The van der Waals surface area contributed by atoms with Crippen LogP contribution in [-0.4, -0.2) is 11.8 Å². The molecule has 6 heteroatoms. The van der Waals surface area contributed by atoms with Gasteiger partial charge in [-0.1, -0.05) is 29.8 Å². The van der Waals surface area contributed by atoms with E-state index in [9.17, 15) is 9.59 Å². The molecule has 2 atom stereocenters. The van der Waals surface area contributed by atoms with E-state index in [0.717, 1.165) is 10.4 Å². The van der Waals surface area contributed by atoms with Gasteiger partial charge in [-0.3, -0.25) is 9.59 Å². The van der Waals surface area contributed by atoms with E-state index in [1.54, 1.807) is 12.1 Å². The fourth-order valence-corrected chi connectivity index (χ4v) is 3.18. The van der Waals surface area contributed by atoms with Crippen LogP contribution in [0, 0.1) is 0 Å². The maximum absolute atomic E-state index is 12.3. The second-order valence-corrected chi connectivity index (χ2v) is 6.73. The van der Waals surface area contributed by atoms with E-state index >= 15 is 0 Å². The Morgan fingerprint density at radius 1 is 1.17 bits per heavy atom. The van der Waals surface area contributed by atoms with E-state index in [2.05, 4.69) is 10.6 Å². The van der Waals surface area contributed by atoms with E-state index in [0.29, 0.717) is 5.02 Å². The van der Waals surface area contributed by atoms with E-state index in [4.69, 9.17) is 11.6 Å². The third-order valence-corrected chi connectivity index (χ3v) is 4.64. The molecule has 1 aromatic carbocycles. The second kappa shape index (κ2) is 8.13. The molecule has 23 heavy (non-hydrogen) atoms. The van der Waals surface area contributed by atoms with Crippen LogP contribution in [-0.2, 0) is 9.59 Å². The number of thiophene rings is 1. The number of rotatable bonds is 6. The molecular formula is C17H19ClN2O2S. The van der Waals surface area contributed by atoms with Crippen molar-refractivity contribution < 1.29 is 9.59 Å². The molecule has 0 aliphatic rings. The fraction of sp³-hybridized carbons (Fsp3) is 0.294. The topological polar surface area (TPSA) is 58.2 Å². The quantitative estimate of drug-likeness (QED) is 0.831. The van der Waals surface area contributed by atoms with Gasteiger partial charge in [0, 0.05) is 16.8 Å². The van der Waals surface area contributed by atoms with Crippen LogP contribution in [0.25, 0.3) is 0 Å². The van der Waals surface area contributed by atoms with Gasteiger partial charge in [-0.25, -0.2) is 0 Å². The summed E-state index contributed by atoms with van der Waals surface area (Å²) >= 11 is 7.39. The number of amides is 2. The van der Waals surface area contributed by atoms with E-state index in [1.807, 2.05) is 36.6 Å². The highest BCUT2D eigenvalue weighted by Gasteiger charge is 2.19. The second-order valence-electron chi connectivity index (χ2n) is 5.31. The molecule has 4 nitrogen and oxygen atoms in total. The molecule has 0 unspecified atom stereocenters. The monoisotopic (exact) mass is 350 g/mol. The lowest BCUT2D eigenvalue weighted by Gasteiger charge is -2.19. The average molecular weight is 351 g/mol. The Bertz CT molecular complexity index is 656. The molecule has 0 spiro atoms. The SMILES string of the molecule is CC(=O)N[C@H](CC(=O)N[C@@H](C)c1ccc(Cl)cc1)c1cccs1. The molecule has 0 saturated carbocycles. The minimum Gasteiger partial charge on any atom is -0.350 e. The lowest BCUT2D eigenvalue weighted by Crippen LogP contribution is -2.33. The predicted octanol–water partition coefficient (Wildman–Crippen LogP) is 3.85. The van der Waals surface area contributed by atoms with Gasteiger partial charge in [0.2, 0.25) is 11.8 Å². The molecule has 0 radical (unpaired) electrons. The van der Waals surface area contributed by atoms with Gasteiger partial charge in [0.1, 0.15) is 0 Å². The van der Waals surface area contributed by atoms with Gasteiger partial charge in [-0.2, -0.15) is 0 Å². The zero-order valence-electron chi connectivity index (χ0n) is 13.0. The number of nitrogens with one attached hydrogen (secondary N) is 2. The summed E-state index contributed by atoms with van der Waals surface area (Å²) in [6.07, 6.45) is 0.206. The summed E-state index contributed by atoms with van der Waals surface area (Å²) in [5.74, 6) is -0.262.